The number of carbonyl (C=O) groups excluding carboxylic acids is 1. The molecule has 4 heteroatoms. The molecule has 0 fully saturated rings. The van der Waals surface area contributed by atoms with Crippen molar-refractivity contribution < 1.29 is 14.3 Å². The summed E-state index contributed by atoms with van der Waals surface area (Å²) in [6, 6.07) is 10.4. The highest BCUT2D eigenvalue weighted by Crippen LogP contribution is 2.11. The number of hydrogen-bond acceptors (Lipinski definition) is 3. The molecule has 1 aromatic carbocycles. The normalized spacial score (nSPS) is 12.7. The van der Waals surface area contributed by atoms with Crippen molar-refractivity contribution in [2.24, 2.45) is 0 Å². The minimum atomic E-state index is -0.452. The van der Waals surface area contributed by atoms with Crippen LogP contribution in [0.2, 0.25) is 0 Å². The lowest BCUT2D eigenvalue weighted by Crippen LogP contribution is -2.39. The van der Waals surface area contributed by atoms with Gasteiger partial charge in [-0.05, 0) is 52.0 Å². The molecule has 1 rings (SSSR count). The van der Waals surface area contributed by atoms with E-state index in [0.29, 0.717) is 6.61 Å². The van der Waals surface area contributed by atoms with Gasteiger partial charge in [0.2, 0.25) is 0 Å². The van der Waals surface area contributed by atoms with Crippen molar-refractivity contribution in [1.82, 2.24) is 5.32 Å². The average Bonchev–Trinajstić information content (AvgIpc) is 2.50. The molecule has 0 aliphatic rings. The van der Waals surface area contributed by atoms with E-state index in [0.717, 1.165) is 38.7 Å². The number of amides is 1. The lowest BCUT2D eigenvalue weighted by atomic mass is 10.1. The van der Waals surface area contributed by atoms with E-state index in [9.17, 15) is 4.79 Å². The van der Waals surface area contributed by atoms with Crippen molar-refractivity contribution in [2.75, 3.05) is 6.61 Å². The van der Waals surface area contributed by atoms with E-state index in [4.69, 9.17) is 9.47 Å². The molecule has 0 radical (unpaired) electrons. The zero-order chi connectivity index (χ0) is 17.8. The van der Waals surface area contributed by atoms with Crippen molar-refractivity contribution in [3.8, 4) is 0 Å². The Morgan fingerprint density at radius 3 is 2.46 bits per heavy atom. The molecule has 1 aromatic rings. The highest BCUT2D eigenvalue weighted by atomic mass is 16.6. The second-order valence-electron chi connectivity index (χ2n) is 7.17. The van der Waals surface area contributed by atoms with Crippen LogP contribution in [0, 0.1) is 0 Å². The fraction of sp³-hybridized carbons (Fsp3) is 0.650. The number of rotatable bonds is 10. The molecular formula is C20H33NO3. The molecule has 1 atom stereocenters. The molecule has 0 saturated heterocycles. The number of nitrogens with one attached hydrogen (secondary N) is 1. The SMILES string of the molecule is CCC[C@@H](CCCCOCc1ccccc1)NC(=O)OC(C)(C)C. The van der Waals surface area contributed by atoms with Gasteiger partial charge in [-0.1, -0.05) is 43.7 Å². The highest BCUT2D eigenvalue weighted by molar-refractivity contribution is 5.68. The zero-order valence-electron chi connectivity index (χ0n) is 15.6. The maximum atomic E-state index is 11.9. The standard InChI is InChI=1S/C20H33NO3/c1-5-11-18(21-19(22)24-20(2,3)4)14-9-10-15-23-16-17-12-7-6-8-13-17/h6-8,12-13,18H,5,9-11,14-16H2,1-4H3,(H,21,22)/t18-/m0/s1. The van der Waals surface area contributed by atoms with E-state index in [-0.39, 0.29) is 12.1 Å². The third kappa shape index (κ3) is 10.3. The molecule has 1 amide bonds. The maximum Gasteiger partial charge on any atom is 0.407 e. The van der Waals surface area contributed by atoms with Crippen LogP contribution in [0.5, 0.6) is 0 Å². The summed E-state index contributed by atoms with van der Waals surface area (Å²) in [6.07, 6.45) is 4.70. The van der Waals surface area contributed by atoms with Gasteiger partial charge in [-0.3, -0.25) is 0 Å². The van der Waals surface area contributed by atoms with Gasteiger partial charge in [0, 0.05) is 12.6 Å². The molecule has 4 nitrogen and oxygen atoms in total. The fourth-order valence-electron chi connectivity index (χ4n) is 2.47. The quantitative estimate of drug-likeness (QED) is 0.607. The minimum absolute atomic E-state index is 0.180. The summed E-state index contributed by atoms with van der Waals surface area (Å²) in [4.78, 5) is 11.9. The number of unbranched alkanes of at least 4 members (excludes halogenated alkanes) is 1. The summed E-state index contributed by atoms with van der Waals surface area (Å²) in [5.41, 5.74) is 0.750. The number of benzene rings is 1. The highest BCUT2D eigenvalue weighted by Gasteiger charge is 2.18. The van der Waals surface area contributed by atoms with E-state index < -0.39 is 5.60 Å². The number of ether oxygens (including phenoxy) is 2. The second-order valence-corrected chi connectivity index (χ2v) is 7.17. The van der Waals surface area contributed by atoms with Crippen molar-refractivity contribution in [3.05, 3.63) is 35.9 Å². The van der Waals surface area contributed by atoms with Gasteiger partial charge in [0.05, 0.1) is 6.61 Å². The van der Waals surface area contributed by atoms with E-state index in [2.05, 4.69) is 24.4 Å². The van der Waals surface area contributed by atoms with Crippen molar-refractivity contribution in [1.29, 1.82) is 0 Å². The zero-order valence-corrected chi connectivity index (χ0v) is 15.6. The van der Waals surface area contributed by atoms with Gasteiger partial charge in [-0.25, -0.2) is 4.79 Å². The van der Waals surface area contributed by atoms with Gasteiger partial charge < -0.3 is 14.8 Å². The summed E-state index contributed by atoms with van der Waals surface area (Å²) < 4.78 is 11.0. The molecule has 1 N–H and O–H groups in total. The summed E-state index contributed by atoms with van der Waals surface area (Å²) in [6.45, 7) is 9.19. The smallest absolute Gasteiger partial charge is 0.407 e. The van der Waals surface area contributed by atoms with Crippen LogP contribution < -0.4 is 5.32 Å². The summed E-state index contributed by atoms with van der Waals surface area (Å²) in [5, 5.41) is 2.99. The Labute approximate surface area is 146 Å². The van der Waals surface area contributed by atoms with Gasteiger partial charge in [0.15, 0.2) is 0 Å². The van der Waals surface area contributed by atoms with Gasteiger partial charge in [0.1, 0.15) is 5.60 Å². The lowest BCUT2D eigenvalue weighted by molar-refractivity contribution is 0.0497. The minimum Gasteiger partial charge on any atom is -0.444 e. The fourth-order valence-corrected chi connectivity index (χ4v) is 2.47. The molecular weight excluding hydrogens is 302 g/mol. The van der Waals surface area contributed by atoms with Crippen molar-refractivity contribution in [3.63, 3.8) is 0 Å². The van der Waals surface area contributed by atoms with Crippen molar-refractivity contribution >= 4 is 6.09 Å². The topological polar surface area (TPSA) is 47.6 Å². The number of carbonyl (C=O) groups is 1. The number of hydrogen-bond donors (Lipinski definition) is 1. The predicted molar refractivity (Wildman–Crippen MR) is 98.0 cm³/mol. The van der Waals surface area contributed by atoms with E-state index >= 15 is 0 Å². The Hall–Kier alpha value is -1.55. The summed E-state index contributed by atoms with van der Waals surface area (Å²) in [5.74, 6) is 0. The van der Waals surface area contributed by atoms with Crippen molar-refractivity contribution in [2.45, 2.75) is 78.0 Å². The average molecular weight is 335 g/mol. The Balaban J connectivity index is 2.17. The van der Waals surface area contributed by atoms with Crippen LogP contribution in [0.3, 0.4) is 0 Å². The Kier molecular flexibility index (Phi) is 9.46. The van der Waals surface area contributed by atoms with E-state index in [1.54, 1.807) is 0 Å². The van der Waals surface area contributed by atoms with E-state index in [1.807, 2.05) is 39.0 Å². The molecule has 136 valence electrons. The molecule has 0 heterocycles. The molecule has 24 heavy (non-hydrogen) atoms. The van der Waals surface area contributed by atoms with Gasteiger partial charge in [0.25, 0.3) is 0 Å². The van der Waals surface area contributed by atoms with Crippen LogP contribution >= 0.6 is 0 Å². The van der Waals surface area contributed by atoms with Gasteiger partial charge in [-0.15, -0.1) is 0 Å². The maximum absolute atomic E-state index is 11.9. The van der Waals surface area contributed by atoms with Crippen LogP contribution in [0.25, 0.3) is 0 Å². The molecule has 0 aliphatic heterocycles. The van der Waals surface area contributed by atoms with Crippen LogP contribution in [0.1, 0.15) is 65.4 Å². The third-order valence-electron chi connectivity index (χ3n) is 3.56. The lowest BCUT2D eigenvalue weighted by Gasteiger charge is -2.23. The van der Waals surface area contributed by atoms with Gasteiger partial charge >= 0.3 is 6.09 Å². The summed E-state index contributed by atoms with van der Waals surface area (Å²) >= 11 is 0. The molecule has 0 aliphatic carbocycles. The molecule has 0 aromatic heterocycles. The van der Waals surface area contributed by atoms with Crippen LogP contribution in [-0.4, -0.2) is 24.3 Å². The predicted octanol–water partition coefficient (Wildman–Crippen LogP) is 5.07. The largest absolute Gasteiger partial charge is 0.444 e. The van der Waals surface area contributed by atoms with Crippen LogP contribution in [-0.2, 0) is 16.1 Å². The first-order valence-electron chi connectivity index (χ1n) is 9.02. The Morgan fingerprint density at radius 2 is 1.83 bits per heavy atom. The molecule has 0 spiro atoms. The molecule has 0 bridgehead atoms. The first-order chi connectivity index (χ1) is 11.4. The first kappa shape index (κ1) is 20.5. The first-order valence-corrected chi connectivity index (χ1v) is 9.02. The summed E-state index contributed by atoms with van der Waals surface area (Å²) in [7, 11) is 0. The monoisotopic (exact) mass is 335 g/mol. The Bertz CT molecular complexity index is 454. The van der Waals surface area contributed by atoms with Crippen LogP contribution in [0.4, 0.5) is 4.79 Å². The number of alkyl carbamates (subject to hydrolysis) is 1. The third-order valence-corrected chi connectivity index (χ3v) is 3.56. The Morgan fingerprint density at radius 1 is 1.12 bits per heavy atom. The van der Waals surface area contributed by atoms with Gasteiger partial charge in [-0.2, -0.15) is 0 Å². The second kappa shape index (κ2) is 11.1. The van der Waals surface area contributed by atoms with Crippen LogP contribution in [0.15, 0.2) is 30.3 Å². The van der Waals surface area contributed by atoms with E-state index in [1.165, 1.54) is 5.56 Å². The molecule has 0 saturated carbocycles. The molecule has 0 unspecified atom stereocenters.